The lowest BCUT2D eigenvalue weighted by Gasteiger charge is -2.14. The van der Waals surface area contributed by atoms with Crippen LogP contribution >= 0.6 is 0 Å². The number of hydrogen-bond donors (Lipinski definition) is 3. The number of nitrogens with two attached hydrogens (primary N) is 1. The van der Waals surface area contributed by atoms with Crippen LogP contribution in [0.5, 0.6) is 0 Å². The molecule has 0 radical (unpaired) electrons. The molecule has 0 saturated carbocycles. The third-order valence-corrected chi connectivity index (χ3v) is 2.74. The minimum Gasteiger partial charge on any atom is -0.362 e. The van der Waals surface area contributed by atoms with Crippen molar-refractivity contribution in [2.75, 3.05) is 10.7 Å². The lowest BCUT2D eigenvalue weighted by molar-refractivity contribution is 0.388. The van der Waals surface area contributed by atoms with Gasteiger partial charge >= 0.3 is 0 Å². The van der Waals surface area contributed by atoms with E-state index in [1.165, 1.54) is 0 Å². The first-order chi connectivity index (χ1) is 9.11. The highest BCUT2D eigenvalue weighted by atomic mass is 16.5. The predicted octanol–water partition coefficient (Wildman–Crippen LogP) is 1.79. The van der Waals surface area contributed by atoms with Crippen LogP contribution in [0.1, 0.15) is 36.9 Å². The third kappa shape index (κ3) is 3.00. The van der Waals surface area contributed by atoms with Gasteiger partial charge in [0.25, 0.3) is 0 Å². The molecule has 0 unspecified atom stereocenters. The number of hydrogen-bond acceptors (Lipinski definition) is 7. The molecule has 7 nitrogen and oxygen atoms in total. The van der Waals surface area contributed by atoms with Crippen molar-refractivity contribution in [2.45, 2.75) is 33.2 Å². The predicted molar refractivity (Wildman–Crippen MR) is 72.5 cm³/mol. The fourth-order valence-corrected chi connectivity index (χ4v) is 1.61. The molecule has 2 aromatic heterocycles. The Bertz CT molecular complexity index is 537. The number of hydrazine groups is 1. The SMILES string of the molecule is Cc1c(NN)nc(C(C)C)nc1NCc1ccno1. The molecule has 0 aliphatic heterocycles. The monoisotopic (exact) mass is 262 g/mol. The largest absolute Gasteiger partial charge is 0.362 e. The lowest BCUT2D eigenvalue weighted by Crippen LogP contribution is -2.15. The van der Waals surface area contributed by atoms with Gasteiger partial charge in [-0.2, -0.15) is 0 Å². The van der Waals surface area contributed by atoms with Crippen LogP contribution in [-0.2, 0) is 6.54 Å². The number of nitrogens with one attached hydrogen (secondary N) is 2. The van der Waals surface area contributed by atoms with Crippen LogP contribution in [0.25, 0.3) is 0 Å². The van der Waals surface area contributed by atoms with Crippen molar-refractivity contribution in [1.29, 1.82) is 0 Å². The summed E-state index contributed by atoms with van der Waals surface area (Å²) in [6, 6.07) is 1.80. The van der Waals surface area contributed by atoms with Gasteiger partial charge < -0.3 is 15.3 Å². The third-order valence-electron chi connectivity index (χ3n) is 2.74. The van der Waals surface area contributed by atoms with Gasteiger partial charge in [-0.3, -0.25) is 0 Å². The molecule has 0 saturated heterocycles. The molecule has 2 heterocycles. The molecule has 0 atom stereocenters. The van der Waals surface area contributed by atoms with Crippen molar-refractivity contribution >= 4 is 11.6 Å². The van der Waals surface area contributed by atoms with Crippen LogP contribution in [0.15, 0.2) is 16.8 Å². The Labute approximate surface area is 111 Å². The minimum atomic E-state index is 0.221. The maximum atomic E-state index is 5.48. The molecule has 0 amide bonds. The van der Waals surface area contributed by atoms with E-state index in [1.807, 2.05) is 20.8 Å². The smallest absolute Gasteiger partial charge is 0.155 e. The molecule has 0 aliphatic rings. The van der Waals surface area contributed by atoms with Crippen LogP contribution in [-0.4, -0.2) is 15.1 Å². The Morgan fingerprint density at radius 2 is 2.05 bits per heavy atom. The van der Waals surface area contributed by atoms with Gasteiger partial charge in [0.05, 0.1) is 12.7 Å². The minimum absolute atomic E-state index is 0.221. The van der Waals surface area contributed by atoms with Gasteiger partial charge in [0.2, 0.25) is 0 Å². The summed E-state index contributed by atoms with van der Waals surface area (Å²) < 4.78 is 5.03. The van der Waals surface area contributed by atoms with Crippen molar-refractivity contribution < 1.29 is 4.52 Å². The van der Waals surface area contributed by atoms with Crippen LogP contribution in [0.4, 0.5) is 11.6 Å². The second kappa shape index (κ2) is 5.66. The highest BCUT2D eigenvalue weighted by molar-refractivity contribution is 5.56. The van der Waals surface area contributed by atoms with E-state index in [4.69, 9.17) is 10.4 Å². The summed E-state index contributed by atoms with van der Waals surface area (Å²) in [6.07, 6.45) is 1.61. The zero-order chi connectivity index (χ0) is 13.8. The summed E-state index contributed by atoms with van der Waals surface area (Å²) in [4.78, 5) is 8.87. The van der Waals surface area contributed by atoms with Crippen molar-refractivity contribution in [3.8, 4) is 0 Å². The van der Waals surface area contributed by atoms with E-state index >= 15 is 0 Å². The summed E-state index contributed by atoms with van der Waals surface area (Å²) in [5.41, 5.74) is 3.46. The van der Waals surface area contributed by atoms with Gasteiger partial charge in [-0.1, -0.05) is 19.0 Å². The Morgan fingerprint density at radius 1 is 1.32 bits per heavy atom. The van der Waals surface area contributed by atoms with Crippen LogP contribution in [0.2, 0.25) is 0 Å². The van der Waals surface area contributed by atoms with Gasteiger partial charge in [0, 0.05) is 17.5 Å². The number of nitrogens with zero attached hydrogens (tertiary/aromatic N) is 3. The number of aromatic nitrogens is 3. The van der Waals surface area contributed by atoms with Gasteiger partial charge in [0.1, 0.15) is 17.5 Å². The van der Waals surface area contributed by atoms with E-state index in [2.05, 4.69) is 25.9 Å². The first-order valence-electron chi connectivity index (χ1n) is 6.10. The van der Waals surface area contributed by atoms with Gasteiger partial charge in [-0.25, -0.2) is 15.8 Å². The number of rotatable bonds is 5. The fourth-order valence-electron chi connectivity index (χ4n) is 1.61. The zero-order valence-corrected chi connectivity index (χ0v) is 11.3. The van der Waals surface area contributed by atoms with Crippen molar-refractivity contribution in [3.63, 3.8) is 0 Å². The summed E-state index contributed by atoms with van der Waals surface area (Å²) in [6.45, 7) is 6.48. The Hall–Kier alpha value is -2.15. The molecule has 2 aromatic rings. The lowest BCUT2D eigenvalue weighted by atomic mass is 10.2. The van der Waals surface area contributed by atoms with E-state index in [9.17, 15) is 0 Å². The summed E-state index contributed by atoms with van der Waals surface area (Å²) in [7, 11) is 0. The van der Waals surface area contributed by atoms with Gasteiger partial charge in [0.15, 0.2) is 5.76 Å². The molecule has 0 aliphatic carbocycles. The van der Waals surface area contributed by atoms with E-state index in [1.54, 1.807) is 12.3 Å². The number of nitrogen functional groups attached to an aromatic ring is 1. The molecule has 4 N–H and O–H groups in total. The number of anilines is 2. The molecule has 0 fully saturated rings. The second-order valence-electron chi connectivity index (χ2n) is 4.54. The first-order valence-corrected chi connectivity index (χ1v) is 6.10. The first kappa shape index (κ1) is 13.3. The quantitative estimate of drug-likeness (QED) is 0.557. The van der Waals surface area contributed by atoms with E-state index < -0.39 is 0 Å². The molecule has 7 heteroatoms. The average molecular weight is 262 g/mol. The summed E-state index contributed by atoms with van der Waals surface area (Å²) in [5, 5.41) is 6.86. The Morgan fingerprint density at radius 3 is 2.63 bits per heavy atom. The second-order valence-corrected chi connectivity index (χ2v) is 4.54. The highest BCUT2D eigenvalue weighted by Crippen LogP contribution is 2.22. The van der Waals surface area contributed by atoms with Crippen LogP contribution < -0.4 is 16.6 Å². The molecule has 102 valence electrons. The van der Waals surface area contributed by atoms with E-state index in [0.29, 0.717) is 12.4 Å². The maximum absolute atomic E-state index is 5.48. The standard InChI is InChI=1S/C12H18N6O/c1-7(2)10-16-11(8(3)12(17-10)18-13)14-6-9-4-5-15-19-9/h4-5,7H,6,13H2,1-3H3,(H2,14,16,17,18). The fraction of sp³-hybridized carbons (Fsp3) is 0.417. The highest BCUT2D eigenvalue weighted by Gasteiger charge is 2.12. The summed E-state index contributed by atoms with van der Waals surface area (Å²) in [5.74, 6) is 8.54. The molecule has 0 aromatic carbocycles. The van der Waals surface area contributed by atoms with Crippen molar-refractivity contribution in [3.05, 3.63) is 29.4 Å². The topological polar surface area (TPSA) is 102 Å². The Kier molecular flexibility index (Phi) is 3.96. The molecule has 19 heavy (non-hydrogen) atoms. The van der Waals surface area contributed by atoms with Gasteiger partial charge in [-0.15, -0.1) is 0 Å². The molecule has 0 spiro atoms. The molecule has 2 rings (SSSR count). The molecular weight excluding hydrogens is 244 g/mol. The summed E-state index contributed by atoms with van der Waals surface area (Å²) >= 11 is 0. The van der Waals surface area contributed by atoms with Crippen LogP contribution in [0, 0.1) is 6.92 Å². The van der Waals surface area contributed by atoms with Crippen molar-refractivity contribution in [2.24, 2.45) is 5.84 Å². The average Bonchev–Trinajstić information content (AvgIpc) is 2.90. The Balaban J connectivity index is 2.24. The van der Waals surface area contributed by atoms with Crippen LogP contribution in [0.3, 0.4) is 0 Å². The molecule has 0 bridgehead atoms. The normalized spacial score (nSPS) is 10.8. The van der Waals surface area contributed by atoms with E-state index in [0.717, 1.165) is 23.0 Å². The van der Waals surface area contributed by atoms with Gasteiger partial charge in [-0.05, 0) is 6.92 Å². The zero-order valence-electron chi connectivity index (χ0n) is 11.3. The molecular formula is C12H18N6O. The van der Waals surface area contributed by atoms with Crippen molar-refractivity contribution in [1.82, 2.24) is 15.1 Å². The maximum Gasteiger partial charge on any atom is 0.155 e. The van der Waals surface area contributed by atoms with E-state index in [-0.39, 0.29) is 5.92 Å².